The Kier molecular flexibility index (Phi) is 4.13. The first kappa shape index (κ1) is 12.3. The van der Waals surface area contributed by atoms with Crippen LogP contribution in [0.3, 0.4) is 0 Å². The number of benzene rings is 1. The first-order chi connectivity index (χ1) is 7.60. The van der Waals surface area contributed by atoms with Gasteiger partial charge in [-0.2, -0.15) is 5.26 Å². The molecule has 0 aromatic heterocycles. The van der Waals surface area contributed by atoms with E-state index in [4.69, 9.17) is 5.26 Å². The van der Waals surface area contributed by atoms with Crippen molar-refractivity contribution in [3.8, 4) is 6.07 Å². The van der Waals surface area contributed by atoms with Crippen LogP contribution in [0.5, 0.6) is 0 Å². The van der Waals surface area contributed by atoms with Crippen molar-refractivity contribution in [3.63, 3.8) is 0 Å². The molecule has 16 heavy (non-hydrogen) atoms. The van der Waals surface area contributed by atoms with Gasteiger partial charge in [0.2, 0.25) is 0 Å². The Labute approximate surface area is 97.8 Å². The highest BCUT2D eigenvalue weighted by Gasteiger charge is 2.11. The molecule has 2 nitrogen and oxygen atoms in total. The number of nitriles is 1. The van der Waals surface area contributed by atoms with Crippen LogP contribution in [-0.2, 0) is 0 Å². The van der Waals surface area contributed by atoms with Crippen LogP contribution in [-0.4, -0.2) is 13.1 Å². The van der Waals surface area contributed by atoms with Crippen molar-refractivity contribution in [3.05, 3.63) is 41.5 Å². The standard InChI is InChI=1S/C14H18N2/c1-5-16(10-11(2)3)14-12(4)7-6-8-13(14)9-15/h6-8H,2,5,10H2,1,3-4H3. The molecule has 0 saturated heterocycles. The quantitative estimate of drug-likeness (QED) is 0.719. The molecule has 0 aliphatic rings. The molecular weight excluding hydrogens is 196 g/mol. The molecule has 0 saturated carbocycles. The van der Waals surface area contributed by atoms with Gasteiger partial charge in [0.25, 0.3) is 0 Å². The smallest absolute Gasteiger partial charge is 0.101 e. The fourth-order valence-corrected chi connectivity index (χ4v) is 1.84. The number of nitrogens with zero attached hydrogens (tertiary/aromatic N) is 2. The Hall–Kier alpha value is -1.75. The average Bonchev–Trinajstić information content (AvgIpc) is 2.25. The SMILES string of the molecule is C=C(C)CN(CC)c1c(C)cccc1C#N. The number of para-hydroxylation sites is 1. The summed E-state index contributed by atoms with van der Waals surface area (Å²) < 4.78 is 0. The molecule has 0 aliphatic heterocycles. The van der Waals surface area contributed by atoms with Gasteiger partial charge in [-0.25, -0.2) is 0 Å². The minimum atomic E-state index is 0.739. The van der Waals surface area contributed by atoms with Gasteiger partial charge in [-0.3, -0.25) is 0 Å². The van der Waals surface area contributed by atoms with Crippen molar-refractivity contribution in [1.29, 1.82) is 5.26 Å². The topological polar surface area (TPSA) is 27.0 Å². The fourth-order valence-electron chi connectivity index (χ4n) is 1.84. The molecule has 1 rings (SSSR count). The number of aryl methyl sites for hydroxylation is 1. The maximum Gasteiger partial charge on any atom is 0.101 e. The average molecular weight is 214 g/mol. The number of hydrogen-bond acceptors (Lipinski definition) is 2. The molecule has 2 heteroatoms. The van der Waals surface area contributed by atoms with E-state index < -0.39 is 0 Å². The number of hydrogen-bond donors (Lipinski definition) is 0. The van der Waals surface area contributed by atoms with Crippen molar-refractivity contribution in [2.45, 2.75) is 20.8 Å². The Morgan fingerprint density at radius 3 is 2.69 bits per heavy atom. The molecular formula is C14H18N2. The predicted molar refractivity (Wildman–Crippen MR) is 68.6 cm³/mol. The Morgan fingerprint density at radius 1 is 1.50 bits per heavy atom. The zero-order chi connectivity index (χ0) is 12.1. The summed E-state index contributed by atoms with van der Waals surface area (Å²) in [6, 6.07) is 8.08. The van der Waals surface area contributed by atoms with Crippen LogP contribution in [0.15, 0.2) is 30.4 Å². The second-order valence-corrected chi connectivity index (χ2v) is 4.05. The first-order valence-electron chi connectivity index (χ1n) is 5.49. The van der Waals surface area contributed by atoms with E-state index in [1.165, 1.54) is 0 Å². The van der Waals surface area contributed by atoms with Gasteiger partial charge in [-0.1, -0.05) is 24.3 Å². The molecule has 84 valence electrons. The largest absolute Gasteiger partial charge is 0.367 e. The van der Waals surface area contributed by atoms with Gasteiger partial charge >= 0.3 is 0 Å². The first-order valence-corrected chi connectivity index (χ1v) is 5.49. The second-order valence-electron chi connectivity index (χ2n) is 4.05. The molecule has 0 unspecified atom stereocenters. The predicted octanol–water partition coefficient (Wildman–Crippen LogP) is 3.27. The fraction of sp³-hybridized carbons (Fsp3) is 0.357. The lowest BCUT2D eigenvalue weighted by Crippen LogP contribution is -2.26. The minimum absolute atomic E-state index is 0.739. The van der Waals surface area contributed by atoms with Gasteiger partial charge < -0.3 is 4.90 Å². The summed E-state index contributed by atoms with van der Waals surface area (Å²) in [4.78, 5) is 2.19. The van der Waals surface area contributed by atoms with Gasteiger partial charge in [0, 0.05) is 13.1 Å². The van der Waals surface area contributed by atoms with Gasteiger partial charge in [0.05, 0.1) is 11.3 Å². The molecule has 0 radical (unpaired) electrons. The van der Waals surface area contributed by atoms with E-state index in [2.05, 4.69) is 24.5 Å². The minimum Gasteiger partial charge on any atom is -0.367 e. The van der Waals surface area contributed by atoms with Crippen molar-refractivity contribution in [1.82, 2.24) is 0 Å². The maximum absolute atomic E-state index is 9.12. The number of rotatable bonds is 4. The van der Waals surface area contributed by atoms with E-state index >= 15 is 0 Å². The maximum atomic E-state index is 9.12. The van der Waals surface area contributed by atoms with Crippen molar-refractivity contribution in [2.24, 2.45) is 0 Å². The molecule has 0 amide bonds. The summed E-state index contributed by atoms with van der Waals surface area (Å²) in [7, 11) is 0. The summed E-state index contributed by atoms with van der Waals surface area (Å²) in [5.41, 5.74) is 4.02. The highest BCUT2D eigenvalue weighted by molar-refractivity contribution is 5.64. The molecule has 0 spiro atoms. The van der Waals surface area contributed by atoms with Gasteiger partial charge in [-0.15, -0.1) is 0 Å². The highest BCUT2D eigenvalue weighted by Crippen LogP contribution is 2.24. The zero-order valence-electron chi connectivity index (χ0n) is 10.2. The van der Waals surface area contributed by atoms with Crippen LogP contribution in [0.1, 0.15) is 25.0 Å². The van der Waals surface area contributed by atoms with E-state index in [0.29, 0.717) is 0 Å². The lowest BCUT2D eigenvalue weighted by Gasteiger charge is -2.26. The molecule has 0 bridgehead atoms. The van der Waals surface area contributed by atoms with E-state index in [0.717, 1.165) is 35.5 Å². The molecule has 0 N–H and O–H groups in total. The van der Waals surface area contributed by atoms with Crippen LogP contribution in [0.2, 0.25) is 0 Å². The van der Waals surface area contributed by atoms with E-state index in [-0.39, 0.29) is 0 Å². The third-order valence-electron chi connectivity index (χ3n) is 2.52. The van der Waals surface area contributed by atoms with E-state index in [9.17, 15) is 0 Å². The van der Waals surface area contributed by atoms with Gasteiger partial charge in [-0.05, 0) is 32.4 Å². The third kappa shape index (κ3) is 2.64. The summed E-state index contributed by atoms with van der Waals surface area (Å²) in [6.07, 6.45) is 0. The lowest BCUT2D eigenvalue weighted by molar-refractivity contribution is 0.874. The number of likely N-dealkylation sites (N-methyl/N-ethyl adjacent to an activating group) is 1. The molecule has 0 atom stereocenters. The lowest BCUT2D eigenvalue weighted by atomic mass is 10.1. The van der Waals surface area contributed by atoms with Gasteiger partial charge in [0.1, 0.15) is 6.07 Å². The number of anilines is 1. The second kappa shape index (κ2) is 5.37. The molecule has 1 aromatic rings. The molecule has 0 fully saturated rings. The Bertz CT molecular complexity index is 427. The molecule has 0 heterocycles. The highest BCUT2D eigenvalue weighted by atomic mass is 15.1. The summed E-state index contributed by atoms with van der Waals surface area (Å²) in [5, 5.41) is 9.12. The van der Waals surface area contributed by atoms with Crippen molar-refractivity contribution < 1.29 is 0 Å². The summed E-state index contributed by atoms with van der Waals surface area (Å²) in [5.74, 6) is 0. The van der Waals surface area contributed by atoms with Crippen LogP contribution in [0, 0.1) is 18.3 Å². The normalized spacial score (nSPS) is 9.62. The Morgan fingerprint density at radius 2 is 2.19 bits per heavy atom. The monoisotopic (exact) mass is 214 g/mol. The summed E-state index contributed by atoms with van der Waals surface area (Å²) in [6.45, 7) is 11.8. The van der Waals surface area contributed by atoms with Crippen molar-refractivity contribution >= 4 is 5.69 Å². The van der Waals surface area contributed by atoms with Crippen LogP contribution in [0.4, 0.5) is 5.69 Å². The van der Waals surface area contributed by atoms with E-state index in [1.54, 1.807) is 0 Å². The van der Waals surface area contributed by atoms with E-state index in [1.807, 2.05) is 32.0 Å². The Balaban J connectivity index is 3.18. The summed E-state index contributed by atoms with van der Waals surface area (Å²) >= 11 is 0. The van der Waals surface area contributed by atoms with Crippen LogP contribution < -0.4 is 4.90 Å². The zero-order valence-corrected chi connectivity index (χ0v) is 10.2. The van der Waals surface area contributed by atoms with Crippen LogP contribution >= 0.6 is 0 Å². The van der Waals surface area contributed by atoms with Gasteiger partial charge in [0.15, 0.2) is 0 Å². The van der Waals surface area contributed by atoms with Crippen LogP contribution in [0.25, 0.3) is 0 Å². The third-order valence-corrected chi connectivity index (χ3v) is 2.52. The van der Waals surface area contributed by atoms with Crippen molar-refractivity contribution in [2.75, 3.05) is 18.0 Å². The molecule has 0 aliphatic carbocycles. The molecule has 1 aromatic carbocycles.